The molecule has 1 aliphatic heterocycles. The molecule has 5 heteroatoms. The van der Waals surface area contributed by atoms with Crippen molar-refractivity contribution in [2.45, 2.75) is 51.3 Å². The second-order valence-corrected chi connectivity index (χ2v) is 8.07. The first kappa shape index (κ1) is 13.3. The van der Waals surface area contributed by atoms with Crippen molar-refractivity contribution in [3.8, 4) is 0 Å². The summed E-state index contributed by atoms with van der Waals surface area (Å²) in [5.74, 6) is 1.34. The molecular formula is C12H23NO3S. The smallest absolute Gasteiger partial charge is 0.154 e. The third kappa shape index (κ3) is 3.20. The molecular weight excluding hydrogens is 238 g/mol. The van der Waals surface area contributed by atoms with Crippen LogP contribution >= 0.6 is 0 Å². The summed E-state index contributed by atoms with van der Waals surface area (Å²) in [6.07, 6.45) is 2.74. The van der Waals surface area contributed by atoms with Crippen molar-refractivity contribution in [3.05, 3.63) is 0 Å². The Labute approximate surface area is 104 Å². The molecule has 1 saturated carbocycles. The second kappa shape index (κ2) is 4.86. The fourth-order valence-electron chi connectivity index (χ4n) is 3.18. The molecule has 0 amide bonds. The lowest BCUT2D eigenvalue weighted by Gasteiger charge is -2.35. The van der Waals surface area contributed by atoms with Crippen molar-refractivity contribution in [2.75, 3.05) is 11.5 Å². The minimum atomic E-state index is -3.04. The first-order valence-corrected chi connectivity index (χ1v) is 8.34. The molecule has 100 valence electrons. The maximum Gasteiger partial charge on any atom is 0.154 e. The lowest BCUT2D eigenvalue weighted by Crippen LogP contribution is -2.49. The quantitative estimate of drug-likeness (QED) is 0.762. The van der Waals surface area contributed by atoms with Gasteiger partial charge in [0.25, 0.3) is 0 Å². The van der Waals surface area contributed by atoms with Crippen LogP contribution in [-0.4, -0.2) is 43.2 Å². The summed E-state index contributed by atoms with van der Waals surface area (Å²) < 4.78 is 22.9. The molecule has 2 N–H and O–H groups in total. The molecule has 17 heavy (non-hydrogen) atoms. The van der Waals surface area contributed by atoms with Crippen molar-refractivity contribution in [3.63, 3.8) is 0 Å². The van der Waals surface area contributed by atoms with Gasteiger partial charge in [-0.2, -0.15) is 0 Å². The standard InChI is InChI=1S/C12H23NO3S/c1-8-3-4-10(9(2)5-8)13-11-6-17(15,16)7-12(11)14/h8-14H,3-7H2,1-2H3. The first-order valence-electron chi connectivity index (χ1n) is 6.52. The summed E-state index contributed by atoms with van der Waals surface area (Å²) in [6, 6.07) is 0.0972. The Balaban J connectivity index is 1.93. The average molecular weight is 261 g/mol. The number of hydrogen-bond donors (Lipinski definition) is 2. The van der Waals surface area contributed by atoms with Gasteiger partial charge in [0.2, 0.25) is 0 Å². The fourth-order valence-corrected chi connectivity index (χ4v) is 4.93. The van der Waals surface area contributed by atoms with E-state index in [0.717, 1.165) is 12.3 Å². The fraction of sp³-hybridized carbons (Fsp3) is 1.00. The molecule has 0 bridgehead atoms. The molecule has 1 saturated heterocycles. The van der Waals surface area contributed by atoms with E-state index in [9.17, 15) is 13.5 Å². The third-order valence-electron chi connectivity index (χ3n) is 4.18. The van der Waals surface area contributed by atoms with E-state index in [-0.39, 0.29) is 17.5 Å². The van der Waals surface area contributed by atoms with Crippen LogP contribution in [0.2, 0.25) is 0 Å². The first-order chi connectivity index (χ1) is 7.87. The lowest BCUT2D eigenvalue weighted by atomic mass is 9.79. The largest absolute Gasteiger partial charge is 0.390 e. The van der Waals surface area contributed by atoms with Gasteiger partial charge in [0.1, 0.15) is 0 Å². The van der Waals surface area contributed by atoms with Gasteiger partial charge in [0, 0.05) is 12.1 Å². The summed E-state index contributed by atoms with van der Waals surface area (Å²) >= 11 is 0. The summed E-state index contributed by atoms with van der Waals surface area (Å²) in [4.78, 5) is 0. The van der Waals surface area contributed by atoms with Crippen LogP contribution in [-0.2, 0) is 9.84 Å². The Hall–Kier alpha value is -0.130. The average Bonchev–Trinajstić information content (AvgIpc) is 2.44. The highest BCUT2D eigenvalue weighted by Gasteiger charge is 2.38. The van der Waals surface area contributed by atoms with Crippen LogP contribution in [0.4, 0.5) is 0 Å². The number of sulfone groups is 1. The minimum Gasteiger partial charge on any atom is -0.390 e. The number of aliphatic hydroxyl groups excluding tert-OH is 1. The zero-order valence-corrected chi connectivity index (χ0v) is 11.4. The molecule has 5 unspecified atom stereocenters. The highest BCUT2D eigenvalue weighted by Crippen LogP contribution is 2.29. The van der Waals surface area contributed by atoms with Gasteiger partial charge < -0.3 is 10.4 Å². The van der Waals surface area contributed by atoms with Crippen LogP contribution in [0.3, 0.4) is 0 Å². The van der Waals surface area contributed by atoms with Gasteiger partial charge in [0.05, 0.1) is 17.6 Å². The topological polar surface area (TPSA) is 66.4 Å². The van der Waals surface area contributed by atoms with E-state index in [4.69, 9.17) is 0 Å². The number of rotatable bonds is 2. The minimum absolute atomic E-state index is 0.0812. The van der Waals surface area contributed by atoms with E-state index >= 15 is 0 Å². The van der Waals surface area contributed by atoms with E-state index < -0.39 is 15.9 Å². The van der Waals surface area contributed by atoms with Crippen LogP contribution in [0.25, 0.3) is 0 Å². The Kier molecular flexibility index (Phi) is 3.80. The Morgan fingerprint density at radius 3 is 2.35 bits per heavy atom. The third-order valence-corrected chi connectivity index (χ3v) is 5.90. The van der Waals surface area contributed by atoms with Gasteiger partial charge in [0.15, 0.2) is 9.84 Å². The molecule has 0 aromatic rings. The maximum absolute atomic E-state index is 11.4. The SMILES string of the molecule is CC1CCC(NC2CS(=O)(=O)CC2O)C(C)C1. The summed E-state index contributed by atoms with van der Waals surface area (Å²) in [6.45, 7) is 4.48. The summed E-state index contributed by atoms with van der Waals surface area (Å²) in [5, 5.41) is 13.1. The van der Waals surface area contributed by atoms with Crippen LogP contribution in [0, 0.1) is 11.8 Å². The molecule has 1 heterocycles. The van der Waals surface area contributed by atoms with Gasteiger partial charge in [-0.1, -0.05) is 13.8 Å². The van der Waals surface area contributed by atoms with Gasteiger partial charge in [-0.25, -0.2) is 8.42 Å². The molecule has 2 fully saturated rings. The molecule has 0 aromatic carbocycles. The van der Waals surface area contributed by atoms with Gasteiger partial charge in [-0.15, -0.1) is 0 Å². The van der Waals surface area contributed by atoms with Gasteiger partial charge in [-0.05, 0) is 31.1 Å². The summed E-state index contributed by atoms with van der Waals surface area (Å²) in [7, 11) is -3.04. The van der Waals surface area contributed by atoms with Crippen molar-refractivity contribution >= 4 is 9.84 Å². The molecule has 0 aromatic heterocycles. The molecule has 2 rings (SSSR count). The van der Waals surface area contributed by atoms with Crippen molar-refractivity contribution in [1.29, 1.82) is 0 Å². The highest BCUT2D eigenvalue weighted by molar-refractivity contribution is 7.91. The number of aliphatic hydroxyl groups is 1. The Morgan fingerprint density at radius 2 is 1.82 bits per heavy atom. The predicted molar refractivity (Wildman–Crippen MR) is 67.6 cm³/mol. The second-order valence-electron chi connectivity index (χ2n) is 5.92. The molecule has 5 atom stereocenters. The van der Waals surface area contributed by atoms with Gasteiger partial charge >= 0.3 is 0 Å². The lowest BCUT2D eigenvalue weighted by molar-refractivity contribution is 0.136. The van der Waals surface area contributed by atoms with E-state index in [1.165, 1.54) is 12.8 Å². The van der Waals surface area contributed by atoms with Crippen LogP contribution in [0.15, 0.2) is 0 Å². The highest BCUT2D eigenvalue weighted by atomic mass is 32.2. The molecule has 2 aliphatic rings. The maximum atomic E-state index is 11.4. The predicted octanol–water partition coefficient (Wildman–Crippen LogP) is 0.559. The van der Waals surface area contributed by atoms with E-state index in [2.05, 4.69) is 19.2 Å². The zero-order chi connectivity index (χ0) is 12.6. The van der Waals surface area contributed by atoms with Crippen molar-refractivity contribution in [2.24, 2.45) is 11.8 Å². The molecule has 0 radical (unpaired) electrons. The van der Waals surface area contributed by atoms with Crippen LogP contribution in [0.5, 0.6) is 0 Å². The van der Waals surface area contributed by atoms with Gasteiger partial charge in [-0.3, -0.25) is 0 Å². The van der Waals surface area contributed by atoms with E-state index in [0.29, 0.717) is 12.0 Å². The Bertz CT molecular complexity index is 368. The summed E-state index contributed by atoms with van der Waals surface area (Å²) in [5.41, 5.74) is 0. The number of nitrogens with one attached hydrogen (secondary N) is 1. The van der Waals surface area contributed by atoms with E-state index in [1.54, 1.807) is 0 Å². The van der Waals surface area contributed by atoms with Crippen LogP contribution in [0.1, 0.15) is 33.1 Å². The normalized spacial score (nSPS) is 45.9. The van der Waals surface area contributed by atoms with Crippen LogP contribution < -0.4 is 5.32 Å². The van der Waals surface area contributed by atoms with E-state index in [1.807, 2.05) is 0 Å². The zero-order valence-electron chi connectivity index (χ0n) is 10.6. The van der Waals surface area contributed by atoms with Crippen molar-refractivity contribution < 1.29 is 13.5 Å². The van der Waals surface area contributed by atoms with Crippen molar-refractivity contribution in [1.82, 2.24) is 5.32 Å². The monoisotopic (exact) mass is 261 g/mol. The molecule has 1 aliphatic carbocycles. The Morgan fingerprint density at radius 1 is 1.12 bits per heavy atom. The molecule has 4 nitrogen and oxygen atoms in total. The molecule has 0 spiro atoms. The number of hydrogen-bond acceptors (Lipinski definition) is 4.